The first-order chi connectivity index (χ1) is 13.5. The van der Waals surface area contributed by atoms with Crippen LogP contribution in [-0.4, -0.2) is 46.3 Å². The Balaban J connectivity index is 1.40. The van der Waals surface area contributed by atoms with E-state index in [0.717, 1.165) is 16.7 Å². The van der Waals surface area contributed by atoms with E-state index in [-0.39, 0.29) is 0 Å². The number of nitrogens with zero attached hydrogens (tertiary/aromatic N) is 4. The van der Waals surface area contributed by atoms with E-state index in [1.807, 2.05) is 0 Å². The van der Waals surface area contributed by atoms with Crippen LogP contribution in [0.1, 0.15) is 16.5 Å². The summed E-state index contributed by atoms with van der Waals surface area (Å²) in [6.07, 6.45) is -1.90. The smallest absolute Gasteiger partial charge is 0.434 e. The molecule has 3 N–H and O–H groups in total. The van der Waals surface area contributed by atoms with Crippen molar-refractivity contribution < 1.29 is 17.6 Å². The topological polar surface area (TPSA) is 104 Å². The molecule has 0 amide bonds. The van der Waals surface area contributed by atoms with Crippen LogP contribution in [0.3, 0.4) is 0 Å². The Bertz CT molecular complexity index is 902. The number of nitrogens with one attached hydrogen (secondary N) is 3. The van der Waals surface area contributed by atoms with Gasteiger partial charge < -0.3 is 15.1 Å². The van der Waals surface area contributed by atoms with E-state index in [1.165, 1.54) is 0 Å². The van der Waals surface area contributed by atoms with Crippen LogP contribution in [-0.2, 0) is 19.0 Å². The third kappa shape index (κ3) is 5.31. The number of hydrogen-bond donors (Lipinski definition) is 3. The van der Waals surface area contributed by atoms with Crippen molar-refractivity contribution in [3.05, 3.63) is 40.3 Å². The highest BCUT2D eigenvalue weighted by molar-refractivity contribution is 7.09. The molecule has 0 spiro atoms. The Morgan fingerprint density at radius 1 is 1.25 bits per heavy atom. The molecule has 3 rings (SSSR count). The minimum atomic E-state index is -4.41. The number of aliphatic imine (C=N–C) groups is 1. The van der Waals surface area contributed by atoms with Crippen LogP contribution in [0, 0.1) is 0 Å². The van der Waals surface area contributed by atoms with Crippen molar-refractivity contribution in [3.63, 3.8) is 0 Å². The maximum absolute atomic E-state index is 12.5. The second kappa shape index (κ2) is 8.87. The van der Waals surface area contributed by atoms with Gasteiger partial charge in [-0.2, -0.15) is 18.3 Å². The normalized spacial score (nSPS) is 12.4. The van der Waals surface area contributed by atoms with E-state index < -0.39 is 11.9 Å². The lowest BCUT2D eigenvalue weighted by Crippen LogP contribution is -2.39. The lowest BCUT2D eigenvalue weighted by molar-refractivity contribution is -0.140. The van der Waals surface area contributed by atoms with Gasteiger partial charge in [-0.25, -0.2) is 9.97 Å². The Morgan fingerprint density at radius 3 is 2.68 bits per heavy atom. The molecule has 0 saturated carbocycles. The summed E-state index contributed by atoms with van der Waals surface area (Å²) in [6, 6.07) is 3.54. The third-order valence-corrected chi connectivity index (χ3v) is 4.53. The summed E-state index contributed by atoms with van der Waals surface area (Å²) in [5, 5.41) is 14.5. The van der Waals surface area contributed by atoms with Crippen LogP contribution in [0.25, 0.3) is 11.6 Å². The average molecular weight is 413 g/mol. The van der Waals surface area contributed by atoms with E-state index in [2.05, 4.69) is 35.8 Å². The zero-order valence-corrected chi connectivity index (χ0v) is 15.7. The lowest BCUT2D eigenvalue weighted by atomic mass is 10.4. The van der Waals surface area contributed by atoms with Gasteiger partial charge in [-0.1, -0.05) is 0 Å². The van der Waals surface area contributed by atoms with Gasteiger partial charge in [0.25, 0.3) is 0 Å². The highest BCUT2D eigenvalue weighted by atomic mass is 32.1. The second-order valence-electron chi connectivity index (χ2n) is 5.63. The first kappa shape index (κ1) is 19.9. The molecule has 3 aromatic rings. The zero-order valence-electron chi connectivity index (χ0n) is 14.9. The van der Waals surface area contributed by atoms with Crippen molar-refractivity contribution in [3.8, 4) is 11.6 Å². The number of alkyl halides is 3. The molecule has 3 heterocycles. The molecule has 0 aliphatic rings. The predicted octanol–water partition coefficient (Wildman–Crippen LogP) is 2.49. The summed E-state index contributed by atoms with van der Waals surface area (Å²) in [5.74, 6) is 2.31. The largest absolute Gasteiger partial charge is 0.461 e. The van der Waals surface area contributed by atoms with Gasteiger partial charge in [0.1, 0.15) is 5.82 Å². The molecular weight excluding hydrogens is 395 g/mol. The van der Waals surface area contributed by atoms with Crippen molar-refractivity contribution in [2.75, 3.05) is 20.1 Å². The minimum absolute atomic E-state index is 0.371. The van der Waals surface area contributed by atoms with Gasteiger partial charge in [0.05, 0.1) is 11.3 Å². The van der Waals surface area contributed by atoms with E-state index in [1.54, 1.807) is 25.4 Å². The molecule has 12 heteroatoms. The Morgan fingerprint density at radius 2 is 2.04 bits per heavy atom. The van der Waals surface area contributed by atoms with E-state index in [4.69, 9.17) is 4.42 Å². The molecule has 0 unspecified atom stereocenters. The quantitative estimate of drug-likeness (QED) is 0.406. The molecule has 0 radical (unpaired) electrons. The van der Waals surface area contributed by atoms with Gasteiger partial charge in [-0.05, 0) is 12.1 Å². The van der Waals surface area contributed by atoms with Crippen LogP contribution in [0.2, 0.25) is 0 Å². The zero-order chi connectivity index (χ0) is 20.0. The Kier molecular flexibility index (Phi) is 6.29. The van der Waals surface area contributed by atoms with Crippen molar-refractivity contribution in [2.45, 2.75) is 19.0 Å². The van der Waals surface area contributed by atoms with Gasteiger partial charge in [0, 0.05) is 38.4 Å². The minimum Gasteiger partial charge on any atom is -0.461 e. The first-order valence-corrected chi connectivity index (χ1v) is 9.25. The van der Waals surface area contributed by atoms with Crippen LogP contribution >= 0.6 is 11.3 Å². The number of aromatic nitrogens is 4. The van der Waals surface area contributed by atoms with Gasteiger partial charge >= 0.3 is 6.18 Å². The number of H-pyrrole nitrogens is 1. The second-order valence-corrected chi connectivity index (χ2v) is 6.58. The molecule has 0 atom stereocenters. The fourth-order valence-electron chi connectivity index (χ4n) is 2.29. The van der Waals surface area contributed by atoms with Crippen molar-refractivity contribution in [1.29, 1.82) is 0 Å². The Hall–Kier alpha value is -2.89. The fraction of sp³-hybridized carbons (Fsp3) is 0.375. The summed E-state index contributed by atoms with van der Waals surface area (Å²) in [7, 11) is 1.62. The van der Waals surface area contributed by atoms with Crippen LogP contribution in [0.5, 0.6) is 0 Å². The van der Waals surface area contributed by atoms with Crippen LogP contribution in [0.15, 0.2) is 33.2 Å². The molecule has 28 heavy (non-hydrogen) atoms. The van der Waals surface area contributed by atoms with Crippen LogP contribution < -0.4 is 10.6 Å². The SMILES string of the molecule is CN=C(NCCc1nc(-c2ccco2)n[nH]1)NCCc1nc(C(F)(F)F)cs1. The molecule has 150 valence electrons. The number of halogens is 3. The van der Waals surface area contributed by atoms with Gasteiger partial charge in [0.15, 0.2) is 17.4 Å². The van der Waals surface area contributed by atoms with E-state index >= 15 is 0 Å². The molecule has 0 saturated heterocycles. The number of aromatic amines is 1. The average Bonchev–Trinajstić information content (AvgIpc) is 3.40. The summed E-state index contributed by atoms with van der Waals surface area (Å²) in [5.41, 5.74) is -0.851. The van der Waals surface area contributed by atoms with E-state index in [9.17, 15) is 13.2 Å². The molecule has 0 aromatic carbocycles. The number of guanidine groups is 1. The standard InChI is InChI=1S/C16H18F3N7OS/c1-20-15(22-7-5-13-23-11(9-28-13)16(17,18)19)21-6-4-12-24-14(26-25-12)10-3-2-8-27-10/h2-3,8-9H,4-7H2,1H3,(H2,20,21,22)(H,24,25,26). The molecular formula is C16H18F3N7OS. The van der Waals surface area contributed by atoms with Gasteiger partial charge in [-0.15, -0.1) is 11.3 Å². The summed E-state index contributed by atoms with van der Waals surface area (Å²) in [6.45, 7) is 0.956. The molecule has 0 aliphatic carbocycles. The number of furan rings is 1. The number of thiazole rings is 1. The highest BCUT2D eigenvalue weighted by Gasteiger charge is 2.33. The summed E-state index contributed by atoms with van der Waals surface area (Å²) in [4.78, 5) is 12.0. The maximum Gasteiger partial charge on any atom is 0.434 e. The number of hydrogen-bond acceptors (Lipinski definition) is 6. The number of rotatable bonds is 7. The lowest BCUT2D eigenvalue weighted by Gasteiger charge is -2.10. The molecule has 0 aliphatic heterocycles. The summed E-state index contributed by atoms with van der Waals surface area (Å²) >= 11 is 0.994. The van der Waals surface area contributed by atoms with Gasteiger partial charge in [0.2, 0.25) is 5.82 Å². The van der Waals surface area contributed by atoms with Crippen molar-refractivity contribution in [2.24, 2.45) is 4.99 Å². The highest BCUT2D eigenvalue weighted by Crippen LogP contribution is 2.29. The molecule has 3 aromatic heterocycles. The van der Waals surface area contributed by atoms with E-state index in [0.29, 0.717) is 54.3 Å². The summed E-state index contributed by atoms with van der Waals surface area (Å²) < 4.78 is 42.9. The van der Waals surface area contributed by atoms with Crippen molar-refractivity contribution in [1.82, 2.24) is 30.8 Å². The molecule has 0 bridgehead atoms. The monoisotopic (exact) mass is 413 g/mol. The van der Waals surface area contributed by atoms with Crippen molar-refractivity contribution >= 4 is 17.3 Å². The maximum atomic E-state index is 12.5. The van der Waals surface area contributed by atoms with Crippen LogP contribution in [0.4, 0.5) is 13.2 Å². The molecule has 8 nitrogen and oxygen atoms in total. The molecule has 0 fully saturated rings. The fourth-order valence-corrected chi connectivity index (χ4v) is 3.09. The van der Waals surface area contributed by atoms with Gasteiger partial charge in [-0.3, -0.25) is 10.1 Å². The first-order valence-electron chi connectivity index (χ1n) is 8.37. The predicted molar refractivity (Wildman–Crippen MR) is 98.0 cm³/mol. The third-order valence-electron chi connectivity index (χ3n) is 3.62. The Labute approximate surface area is 162 Å².